The second kappa shape index (κ2) is 4.61. The molecule has 1 heterocycles. The largest absolute Gasteiger partial charge is 0.496 e. The van der Waals surface area contributed by atoms with Crippen LogP contribution in [-0.2, 0) is 9.63 Å². The molecule has 1 atom stereocenters. The quantitative estimate of drug-likeness (QED) is 0.930. The first-order valence-electron chi connectivity index (χ1n) is 5.28. The highest BCUT2D eigenvalue weighted by Crippen LogP contribution is 2.30. The van der Waals surface area contributed by atoms with E-state index in [1.165, 1.54) is 6.92 Å². The minimum absolute atomic E-state index is 0.237. The topological polar surface area (TPSA) is 68.1 Å². The maximum atomic E-state index is 11.0. The first-order valence-corrected chi connectivity index (χ1v) is 6.08. The van der Waals surface area contributed by atoms with Gasteiger partial charge in [-0.15, -0.1) is 0 Å². The third kappa shape index (κ3) is 2.20. The molecule has 0 aliphatic carbocycles. The number of carboxylic acids is 1. The van der Waals surface area contributed by atoms with Crippen LogP contribution < -0.4 is 4.74 Å². The molecule has 0 spiro atoms. The summed E-state index contributed by atoms with van der Waals surface area (Å²) >= 11 is 3.37. The van der Waals surface area contributed by atoms with Gasteiger partial charge in [0.2, 0.25) is 5.60 Å². The summed E-state index contributed by atoms with van der Waals surface area (Å²) in [7, 11) is 1.58. The van der Waals surface area contributed by atoms with E-state index < -0.39 is 11.6 Å². The molecule has 0 saturated carbocycles. The van der Waals surface area contributed by atoms with Gasteiger partial charge in [0, 0.05) is 12.0 Å². The molecule has 0 radical (unpaired) electrons. The van der Waals surface area contributed by atoms with Gasteiger partial charge in [0.25, 0.3) is 0 Å². The molecule has 2 rings (SSSR count). The van der Waals surface area contributed by atoms with Crippen LogP contribution in [0.25, 0.3) is 0 Å². The van der Waals surface area contributed by atoms with E-state index in [2.05, 4.69) is 21.1 Å². The fourth-order valence-corrected chi connectivity index (χ4v) is 2.20. The molecule has 1 aromatic carbocycles. The molecule has 1 aliphatic heterocycles. The molecule has 0 bridgehead atoms. The molecule has 0 fully saturated rings. The van der Waals surface area contributed by atoms with Gasteiger partial charge in [0.15, 0.2) is 0 Å². The standard InChI is InChI=1S/C12H12BrNO4/c1-12(11(15)16)6-9(14-18-12)7-3-4-10(17-2)8(13)5-7/h3-5H,6H2,1-2H3,(H,15,16). The Morgan fingerprint density at radius 1 is 1.61 bits per heavy atom. The van der Waals surface area contributed by atoms with E-state index >= 15 is 0 Å². The predicted octanol–water partition coefficient (Wildman–Crippen LogP) is 2.43. The summed E-state index contributed by atoms with van der Waals surface area (Å²) in [4.78, 5) is 16.0. The zero-order chi connectivity index (χ0) is 13.3. The molecule has 0 aromatic heterocycles. The minimum Gasteiger partial charge on any atom is -0.496 e. The van der Waals surface area contributed by atoms with Crippen molar-refractivity contribution in [1.29, 1.82) is 0 Å². The van der Waals surface area contributed by atoms with Crippen LogP contribution in [0.15, 0.2) is 27.8 Å². The molecule has 1 aliphatic rings. The number of carbonyl (C=O) groups is 1. The van der Waals surface area contributed by atoms with Crippen LogP contribution in [0.5, 0.6) is 5.75 Å². The number of hydrogen-bond acceptors (Lipinski definition) is 4. The average Bonchev–Trinajstić information content (AvgIpc) is 2.73. The number of aliphatic carboxylic acids is 1. The lowest BCUT2D eigenvalue weighted by molar-refractivity contribution is -0.160. The van der Waals surface area contributed by atoms with Crippen molar-refractivity contribution in [2.45, 2.75) is 18.9 Å². The van der Waals surface area contributed by atoms with Gasteiger partial charge in [-0.3, -0.25) is 0 Å². The molecule has 0 saturated heterocycles. The summed E-state index contributed by atoms with van der Waals surface area (Å²) in [5.74, 6) is -0.312. The molecular weight excluding hydrogens is 302 g/mol. The highest BCUT2D eigenvalue weighted by molar-refractivity contribution is 9.10. The maximum absolute atomic E-state index is 11.0. The number of ether oxygens (including phenoxy) is 1. The molecule has 1 aromatic rings. The van der Waals surface area contributed by atoms with Crippen molar-refractivity contribution in [3.05, 3.63) is 28.2 Å². The Bertz CT molecular complexity index is 529. The second-order valence-corrected chi connectivity index (χ2v) is 5.05. The number of methoxy groups -OCH3 is 1. The first-order chi connectivity index (χ1) is 8.46. The van der Waals surface area contributed by atoms with Crippen LogP contribution in [0.3, 0.4) is 0 Å². The zero-order valence-corrected chi connectivity index (χ0v) is 11.5. The van der Waals surface area contributed by atoms with Crippen molar-refractivity contribution in [1.82, 2.24) is 0 Å². The monoisotopic (exact) mass is 313 g/mol. The van der Waals surface area contributed by atoms with Gasteiger partial charge < -0.3 is 14.7 Å². The summed E-state index contributed by atoms with van der Waals surface area (Å²) in [6.07, 6.45) is 0.237. The van der Waals surface area contributed by atoms with Crippen molar-refractivity contribution >= 4 is 27.6 Å². The minimum atomic E-state index is -1.28. The number of halogens is 1. The van der Waals surface area contributed by atoms with Gasteiger partial charge in [-0.25, -0.2) is 4.79 Å². The number of benzene rings is 1. The summed E-state index contributed by atoms with van der Waals surface area (Å²) in [6.45, 7) is 1.50. The van der Waals surface area contributed by atoms with Crippen LogP contribution >= 0.6 is 15.9 Å². The first kappa shape index (κ1) is 12.9. The Morgan fingerprint density at radius 3 is 2.83 bits per heavy atom. The normalized spacial score (nSPS) is 22.3. The van der Waals surface area contributed by atoms with Crippen molar-refractivity contribution in [2.24, 2.45) is 5.16 Å². The van der Waals surface area contributed by atoms with Crippen molar-refractivity contribution in [3.63, 3.8) is 0 Å². The number of rotatable bonds is 3. The third-order valence-electron chi connectivity index (χ3n) is 2.80. The van der Waals surface area contributed by atoms with Crippen LogP contribution in [0.2, 0.25) is 0 Å². The average molecular weight is 314 g/mol. The number of hydrogen-bond donors (Lipinski definition) is 1. The van der Waals surface area contributed by atoms with E-state index in [1.54, 1.807) is 13.2 Å². The molecule has 1 N–H and O–H groups in total. The van der Waals surface area contributed by atoms with Gasteiger partial charge in [0.1, 0.15) is 5.75 Å². The van der Waals surface area contributed by atoms with Crippen LogP contribution in [0, 0.1) is 0 Å². The lowest BCUT2D eigenvalue weighted by Crippen LogP contribution is -2.35. The molecule has 5 nitrogen and oxygen atoms in total. The van der Waals surface area contributed by atoms with Gasteiger partial charge in [-0.2, -0.15) is 0 Å². The van der Waals surface area contributed by atoms with Gasteiger partial charge in [-0.1, -0.05) is 5.16 Å². The van der Waals surface area contributed by atoms with E-state index in [-0.39, 0.29) is 6.42 Å². The highest BCUT2D eigenvalue weighted by atomic mass is 79.9. The zero-order valence-electron chi connectivity index (χ0n) is 9.94. The second-order valence-electron chi connectivity index (χ2n) is 4.19. The van der Waals surface area contributed by atoms with Crippen LogP contribution in [0.4, 0.5) is 0 Å². The lowest BCUT2D eigenvalue weighted by atomic mass is 9.96. The Balaban J connectivity index is 2.25. The van der Waals surface area contributed by atoms with E-state index in [9.17, 15) is 4.79 Å². The number of oxime groups is 1. The summed E-state index contributed by atoms with van der Waals surface area (Å²) < 4.78 is 5.92. The fraction of sp³-hybridized carbons (Fsp3) is 0.333. The Labute approximate surface area is 113 Å². The number of nitrogens with zero attached hydrogens (tertiary/aromatic N) is 1. The highest BCUT2D eigenvalue weighted by Gasteiger charge is 2.42. The number of carboxylic acid groups (broad SMARTS) is 1. The maximum Gasteiger partial charge on any atom is 0.351 e. The van der Waals surface area contributed by atoms with Crippen molar-refractivity contribution in [2.75, 3.05) is 7.11 Å². The molecule has 0 amide bonds. The Kier molecular flexibility index (Phi) is 3.30. The Morgan fingerprint density at radius 2 is 2.33 bits per heavy atom. The molecule has 1 unspecified atom stereocenters. The van der Waals surface area contributed by atoms with Crippen LogP contribution in [-0.4, -0.2) is 29.5 Å². The van der Waals surface area contributed by atoms with E-state index in [0.717, 1.165) is 10.0 Å². The lowest BCUT2D eigenvalue weighted by Gasteiger charge is -2.14. The summed E-state index contributed by atoms with van der Waals surface area (Å²) in [5.41, 5.74) is 0.151. The molecule has 6 heteroatoms. The van der Waals surface area contributed by atoms with Gasteiger partial charge >= 0.3 is 5.97 Å². The fourth-order valence-electron chi connectivity index (χ4n) is 1.66. The van der Waals surface area contributed by atoms with Gasteiger partial charge in [-0.05, 0) is 41.1 Å². The van der Waals surface area contributed by atoms with E-state index in [0.29, 0.717) is 11.5 Å². The van der Waals surface area contributed by atoms with Crippen molar-refractivity contribution in [3.8, 4) is 5.75 Å². The van der Waals surface area contributed by atoms with E-state index in [1.807, 2.05) is 12.1 Å². The SMILES string of the molecule is COc1ccc(C2=NOC(C)(C(=O)O)C2)cc1Br. The predicted molar refractivity (Wildman–Crippen MR) is 69.0 cm³/mol. The van der Waals surface area contributed by atoms with Crippen molar-refractivity contribution < 1.29 is 19.5 Å². The Hall–Kier alpha value is -1.56. The van der Waals surface area contributed by atoms with Crippen LogP contribution in [0.1, 0.15) is 18.9 Å². The molecular formula is C12H12BrNO4. The smallest absolute Gasteiger partial charge is 0.351 e. The molecule has 18 heavy (non-hydrogen) atoms. The third-order valence-corrected chi connectivity index (χ3v) is 3.42. The summed E-state index contributed by atoms with van der Waals surface area (Å²) in [5, 5.41) is 12.9. The summed E-state index contributed by atoms with van der Waals surface area (Å²) in [6, 6.07) is 5.44. The van der Waals surface area contributed by atoms with Gasteiger partial charge in [0.05, 0.1) is 17.3 Å². The van der Waals surface area contributed by atoms with E-state index in [4.69, 9.17) is 14.7 Å². The molecule has 96 valence electrons.